The van der Waals surface area contributed by atoms with Crippen molar-refractivity contribution < 1.29 is 13.2 Å². The monoisotopic (exact) mass is 387 g/mol. The Balaban J connectivity index is 1.79. The first-order chi connectivity index (χ1) is 13.0. The molecule has 1 saturated heterocycles. The number of nitrogens with zero attached hydrogens (tertiary/aromatic N) is 2. The maximum Gasteiger partial charge on any atom is 0.280 e. The van der Waals surface area contributed by atoms with Gasteiger partial charge in [0.1, 0.15) is 0 Å². The second-order valence-corrected chi connectivity index (χ2v) is 7.44. The van der Waals surface area contributed by atoms with Crippen molar-refractivity contribution >= 4 is 28.0 Å². The van der Waals surface area contributed by atoms with Gasteiger partial charge in [-0.3, -0.25) is 0 Å². The van der Waals surface area contributed by atoms with Crippen LogP contribution < -0.4 is 5.32 Å². The number of benzene rings is 1. The number of thiazole rings is 1. The summed E-state index contributed by atoms with van der Waals surface area (Å²) in [5.41, 5.74) is 4.42. The molecule has 3 aromatic rings. The number of aromatic nitrogens is 1. The Morgan fingerprint density at radius 3 is 2.96 bits per heavy atom. The van der Waals surface area contributed by atoms with E-state index >= 15 is 0 Å². The van der Waals surface area contributed by atoms with Gasteiger partial charge in [-0.1, -0.05) is 18.1 Å². The fourth-order valence-electron chi connectivity index (χ4n) is 3.50. The van der Waals surface area contributed by atoms with E-state index in [1.165, 1.54) is 11.3 Å². The number of rotatable bonds is 3. The first kappa shape index (κ1) is 18.0. The summed E-state index contributed by atoms with van der Waals surface area (Å²) in [6, 6.07) is 4.58. The molecule has 1 N–H and O–H groups in total. The second-order valence-electron chi connectivity index (χ2n) is 6.72. The van der Waals surface area contributed by atoms with Crippen molar-refractivity contribution in [3.63, 3.8) is 0 Å². The standard InChI is InChI=1S/C20H19F2N3OS/c1-3-5-16-18(15-10-27-12-23-15)13-6-4-7-14(19(13)26-16)24-17-8-9-25(2)11-20(17,21)22/h4,6-7,10,12,17,24H,8-9,11H2,1-2H3. The highest BCUT2D eigenvalue weighted by Crippen LogP contribution is 2.39. The number of alkyl halides is 2. The van der Waals surface area contributed by atoms with Crippen molar-refractivity contribution in [1.82, 2.24) is 9.88 Å². The minimum absolute atomic E-state index is 0.255. The topological polar surface area (TPSA) is 41.3 Å². The van der Waals surface area contributed by atoms with Crippen LogP contribution >= 0.6 is 11.3 Å². The van der Waals surface area contributed by atoms with Gasteiger partial charge in [-0.2, -0.15) is 0 Å². The lowest BCUT2D eigenvalue weighted by Crippen LogP contribution is -2.53. The molecule has 7 heteroatoms. The Morgan fingerprint density at radius 1 is 1.41 bits per heavy atom. The zero-order chi connectivity index (χ0) is 19.0. The first-order valence-corrected chi connectivity index (χ1v) is 9.63. The van der Waals surface area contributed by atoms with Crippen LogP contribution in [-0.2, 0) is 0 Å². The van der Waals surface area contributed by atoms with Gasteiger partial charge in [-0.15, -0.1) is 11.3 Å². The smallest absolute Gasteiger partial charge is 0.280 e. The van der Waals surface area contributed by atoms with Crippen molar-refractivity contribution in [2.24, 2.45) is 0 Å². The second kappa shape index (κ2) is 6.95. The summed E-state index contributed by atoms with van der Waals surface area (Å²) in [5, 5.41) is 5.77. The molecule has 1 fully saturated rings. The predicted molar refractivity (Wildman–Crippen MR) is 104 cm³/mol. The van der Waals surface area contributed by atoms with Gasteiger partial charge < -0.3 is 14.6 Å². The van der Waals surface area contributed by atoms with E-state index < -0.39 is 12.0 Å². The average molecular weight is 387 g/mol. The molecular formula is C20H19F2N3OS. The summed E-state index contributed by atoms with van der Waals surface area (Å²) in [6.45, 7) is 2.10. The molecule has 2 aromatic heterocycles. The van der Waals surface area contributed by atoms with E-state index in [0.29, 0.717) is 30.0 Å². The summed E-state index contributed by atoms with van der Waals surface area (Å²) >= 11 is 1.49. The highest BCUT2D eigenvalue weighted by molar-refractivity contribution is 7.07. The maximum atomic E-state index is 14.5. The van der Waals surface area contributed by atoms with Gasteiger partial charge in [0, 0.05) is 17.3 Å². The highest BCUT2D eigenvalue weighted by Gasteiger charge is 2.43. The number of hydrogen-bond donors (Lipinski definition) is 1. The molecule has 140 valence electrons. The van der Waals surface area contributed by atoms with Crippen LogP contribution in [0.1, 0.15) is 19.1 Å². The van der Waals surface area contributed by atoms with Gasteiger partial charge in [0.2, 0.25) is 0 Å². The number of para-hydroxylation sites is 1. The van der Waals surface area contributed by atoms with Crippen LogP contribution in [0, 0.1) is 11.8 Å². The van der Waals surface area contributed by atoms with E-state index in [1.807, 2.05) is 17.5 Å². The zero-order valence-electron chi connectivity index (χ0n) is 15.1. The number of nitrogens with one attached hydrogen (secondary N) is 1. The molecule has 27 heavy (non-hydrogen) atoms. The van der Waals surface area contributed by atoms with E-state index in [9.17, 15) is 8.78 Å². The van der Waals surface area contributed by atoms with E-state index in [0.717, 1.165) is 16.6 Å². The Labute approximate surface area is 160 Å². The summed E-state index contributed by atoms with van der Waals surface area (Å²) in [6.07, 6.45) is 0.362. The number of piperidine rings is 1. The fourth-order valence-corrected chi connectivity index (χ4v) is 4.04. The summed E-state index contributed by atoms with van der Waals surface area (Å²) < 4.78 is 34.9. The Kier molecular flexibility index (Phi) is 4.62. The Morgan fingerprint density at radius 2 is 2.26 bits per heavy atom. The molecule has 0 bridgehead atoms. The number of hydrogen-bond acceptors (Lipinski definition) is 5. The summed E-state index contributed by atoms with van der Waals surface area (Å²) in [4.78, 5) is 6.03. The van der Waals surface area contributed by atoms with Crippen LogP contribution in [0.2, 0.25) is 0 Å². The lowest BCUT2D eigenvalue weighted by molar-refractivity contribution is -0.0672. The van der Waals surface area contributed by atoms with Crippen molar-refractivity contribution in [1.29, 1.82) is 0 Å². The molecule has 0 radical (unpaired) electrons. The Hall–Kier alpha value is -2.43. The minimum Gasteiger partial charge on any atom is -0.445 e. The number of likely N-dealkylation sites (tertiary alicyclic amines) is 1. The average Bonchev–Trinajstić information content (AvgIpc) is 3.24. The van der Waals surface area contributed by atoms with Gasteiger partial charge in [0.25, 0.3) is 5.92 Å². The lowest BCUT2D eigenvalue weighted by Gasteiger charge is -2.37. The van der Waals surface area contributed by atoms with Gasteiger partial charge in [0.05, 0.1) is 35.0 Å². The predicted octanol–water partition coefficient (Wildman–Crippen LogP) is 4.68. The summed E-state index contributed by atoms with van der Waals surface area (Å²) in [7, 11) is 1.72. The normalized spacial score (nSPS) is 19.6. The molecule has 4 rings (SSSR count). The van der Waals surface area contributed by atoms with Crippen LogP contribution in [-0.4, -0.2) is 42.0 Å². The first-order valence-electron chi connectivity index (χ1n) is 8.69. The third kappa shape index (κ3) is 3.31. The number of halogens is 2. The van der Waals surface area contributed by atoms with E-state index in [1.54, 1.807) is 30.4 Å². The molecule has 1 aromatic carbocycles. The molecule has 0 saturated carbocycles. The molecule has 0 amide bonds. The third-order valence-electron chi connectivity index (χ3n) is 4.76. The molecule has 4 nitrogen and oxygen atoms in total. The maximum absolute atomic E-state index is 14.5. The summed E-state index contributed by atoms with van der Waals surface area (Å²) in [5.74, 6) is 3.51. The van der Waals surface area contributed by atoms with Crippen molar-refractivity contribution in [3.05, 3.63) is 34.8 Å². The van der Waals surface area contributed by atoms with E-state index in [2.05, 4.69) is 22.1 Å². The Bertz CT molecular complexity index is 1020. The quantitative estimate of drug-likeness (QED) is 0.663. The lowest BCUT2D eigenvalue weighted by atomic mass is 10.0. The fraction of sp³-hybridized carbons (Fsp3) is 0.350. The molecule has 1 aliphatic rings. The van der Waals surface area contributed by atoms with Crippen molar-refractivity contribution in [2.75, 3.05) is 25.5 Å². The van der Waals surface area contributed by atoms with Crippen LogP contribution in [0.5, 0.6) is 0 Å². The molecule has 1 unspecified atom stereocenters. The molecule has 0 spiro atoms. The van der Waals surface area contributed by atoms with Crippen LogP contribution in [0.25, 0.3) is 22.2 Å². The molecule has 1 atom stereocenters. The van der Waals surface area contributed by atoms with Crippen molar-refractivity contribution in [3.8, 4) is 23.1 Å². The van der Waals surface area contributed by atoms with Crippen LogP contribution in [0.4, 0.5) is 14.5 Å². The molecule has 1 aliphatic heterocycles. The van der Waals surface area contributed by atoms with Gasteiger partial charge in [-0.05, 0) is 32.4 Å². The van der Waals surface area contributed by atoms with Crippen LogP contribution in [0.15, 0.2) is 33.5 Å². The van der Waals surface area contributed by atoms with Crippen molar-refractivity contribution in [2.45, 2.75) is 25.3 Å². The zero-order valence-corrected chi connectivity index (χ0v) is 15.9. The number of furan rings is 1. The van der Waals surface area contributed by atoms with Gasteiger partial charge in [-0.25, -0.2) is 13.8 Å². The highest BCUT2D eigenvalue weighted by atomic mass is 32.1. The third-order valence-corrected chi connectivity index (χ3v) is 5.35. The molecule has 3 heterocycles. The van der Waals surface area contributed by atoms with Crippen LogP contribution in [0.3, 0.4) is 0 Å². The number of anilines is 1. The van der Waals surface area contributed by atoms with Gasteiger partial charge in [0.15, 0.2) is 11.3 Å². The molecule has 0 aliphatic carbocycles. The largest absolute Gasteiger partial charge is 0.445 e. The van der Waals surface area contributed by atoms with Gasteiger partial charge >= 0.3 is 0 Å². The van der Waals surface area contributed by atoms with E-state index in [4.69, 9.17) is 4.42 Å². The van der Waals surface area contributed by atoms with E-state index in [-0.39, 0.29) is 6.54 Å². The SMILES string of the molecule is CC#Cc1oc2c(NC3CCN(C)CC3(F)F)cccc2c1-c1cscn1. The number of fused-ring (bicyclic) bond motifs is 1. The molecular weight excluding hydrogens is 368 g/mol. The minimum atomic E-state index is -2.81.